The SMILES string of the molecule is Cc1ccc(C)c(CC(=O)Nc2nnc(-c3ccc4c(c3)CCCC4)o2)c1. The van der Waals surface area contributed by atoms with Crippen molar-refractivity contribution in [2.75, 3.05) is 5.32 Å². The van der Waals surface area contributed by atoms with E-state index in [2.05, 4.69) is 27.6 Å². The zero-order chi connectivity index (χ0) is 18.8. The fourth-order valence-electron chi connectivity index (χ4n) is 3.58. The largest absolute Gasteiger partial charge is 0.403 e. The molecule has 4 rings (SSSR count). The molecule has 0 saturated heterocycles. The lowest BCUT2D eigenvalue weighted by atomic mass is 9.90. The van der Waals surface area contributed by atoms with Gasteiger partial charge in [0, 0.05) is 5.56 Å². The van der Waals surface area contributed by atoms with Gasteiger partial charge in [-0.15, -0.1) is 5.10 Å². The maximum atomic E-state index is 12.3. The summed E-state index contributed by atoms with van der Waals surface area (Å²) in [5.41, 5.74) is 6.90. The number of aromatic nitrogens is 2. The van der Waals surface area contributed by atoms with Crippen LogP contribution in [0.2, 0.25) is 0 Å². The summed E-state index contributed by atoms with van der Waals surface area (Å²) in [5, 5.41) is 10.8. The van der Waals surface area contributed by atoms with Crippen molar-refractivity contribution < 1.29 is 9.21 Å². The summed E-state index contributed by atoms with van der Waals surface area (Å²) in [7, 11) is 0. The van der Waals surface area contributed by atoms with E-state index in [9.17, 15) is 4.79 Å². The molecule has 1 amide bonds. The maximum Gasteiger partial charge on any atom is 0.322 e. The van der Waals surface area contributed by atoms with Crippen molar-refractivity contribution in [2.45, 2.75) is 46.0 Å². The van der Waals surface area contributed by atoms with Gasteiger partial charge >= 0.3 is 6.01 Å². The number of rotatable bonds is 4. The zero-order valence-corrected chi connectivity index (χ0v) is 15.7. The quantitative estimate of drug-likeness (QED) is 0.747. The average Bonchev–Trinajstić information content (AvgIpc) is 3.12. The van der Waals surface area contributed by atoms with E-state index in [1.807, 2.05) is 38.1 Å². The molecular weight excluding hydrogens is 338 g/mol. The number of benzene rings is 2. The smallest absolute Gasteiger partial charge is 0.322 e. The van der Waals surface area contributed by atoms with Crippen LogP contribution in [0.4, 0.5) is 6.01 Å². The second-order valence-corrected chi connectivity index (χ2v) is 7.26. The van der Waals surface area contributed by atoms with Crippen LogP contribution >= 0.6 is 0 Å². The molecule has 0 aliphatic heterocycles. The summed E-state index contributed by atoms with van der Waals surface area (Å²) < 4.78 is 5.67. The van der Waals surface area contributed by atoms with Crippen LogP contribution in [-0.4, -0.2) is 16.1 Å². The molecule has 27 heavy (non-hydrogen) atoms. The van der Waals surface area contributed by atoms with E-state index in [0.717, 1.165) is 35.1 Å². The first kappa shape index (κ1) is 17.5. The third-order valence-electron chi connectivity index (χ3n) is 5.12. The Morgan fingerprint density at radius 3 is 2.70 bits per heavy atom. The van der Waals surface area contributed by atoms with Gasteiger partial charge in [-0.05, 0) is 73.9 Å². The molecule has 0 saturated carbocycles. The van der Waals surface area contributed by atoms with Gasteiger partial charge in [-0.2, -0.15) is 0 Å². The molecule has 0 unspecified atom stereocenters. The van der Waals surface area contributed by atoms with E-state index in [1.54, 1.807) is 0 Å². The highest BCUT2D eigenvalue weighted by atomic mass is 16.4. The Morgan fingerprint density at radius 2 is 1.85 bits per heavy atom. The van der Waals surface area contributed by atoms with Gasteiger partial charge in [0.2, 0.25) is 11.8 Å². The molecule has 0 radical (unpaired) electrons. The number of anilines is 1. The third-order valence-corrected chi connectivity index (χ3v) is 5.12. The van der Waals surface area contributed by atoms with Gasteiger partial charge in [-0.3, -0.25) is 10.1 Å². The fraction of sp³-hybridized carbons (Fsp3) is 0.318. The summed E-state index contributed by atoms with van der Waals surface area (Å²) in [6.07, 6.45) is 4.99. The predicted molar refractivity (Wildman–Crippen MR) is 105 cm³/mol. The molecule has 1 N–H and O–H groups in total. The monoisotopic (exact) mass is 361 g/mol. The Kier molecular flexibility index (Phi) is 4.75. The average molecular weight is 361 g/mol. The number of aryl methyl sites for hydroxylation is 4. The molecule has 1 heterocycles. The van der Waals surface area contributed by atoms with Gasteiger partial charge in [0.15, 0.2) is 0 Å². The standard InChI is InChI=1S/C22H23N3O2/c1-14-7-8-15(2)19(11-14)13-20(26)23-22-25-24-21(27-22)18-10-9-16-5-3-4-6-17(16)12-18/h7-12H,3-6,13H2,1-2H3,(H,23,25,26). The number of amides is 1. The number of nitrogens with one attached hydrogen (secondary N) is 1. The fourth-order valence-corrected chi connectivity index (χ4v) is 3.58. The second-order valence-electron chi connectivity index (χ2n) is 7.26. The first-order valence-corrected chi connectivity index (χ1v) is 9.40. The van der Waals surface area contributed by atoms with E-state index in [-0.39, 0.29) is 18.3 Å². The molecule has 2 aromatic carbocycles. The molecule has 5 nitrogen and oxygen atoms in total. The van der Waals surface area contributed by atoms with Crippen LogP contribution in [0.3, 0.4) is 0 Å². The highest BCUT2D eigenvalue weighted by Gasteiger charge is 2.15. The highest BCUT2D eigenvalue weighted by Crippen LogP contribution is 2.27. The highest BCUT2D eigenvalue weighted by molar-refractivity contribution is 5.90. The molecule has 5 heteroatoms. The number of carbonyl (C=O) groups is 1. The van der Waals surface area contributed by atoms with Crippen molar-refractivity contribution in [1.29, 1.82) is 0 Å². The van der Waals surface area contributed by atoms with Crippen molar-refractivity contribution in [3.63, 3.8) is 0 Å². The van der Waals surface area contributed by atoms with Crippen molar-refractivity contribution >= 4 is 11.9 Å². The molecule has 0 fully saturated rings. The maximum absolute atomic E-state index is 12.3. The van der Waals surface area contributed by atoms with Crippen LogP contribution < -0.4 is 5.32 Å². The number of hydrogen-bond donors (Lipinski definition) is 1. The first-order chi connectivity index (χ1) is 13.1. The number of carbonyl (C=O) groups excluding carboxylic acids is 1. The molecule has 0 spiro atoms. The van der Waals surface area contributed by atoms with Gasteiger partial charge in [-0.1, -0.05) is 34.9 Å². The van der Waals surface area contributed by atoms with Crippen LogP contribution in [-0.2, 0) is 24.1 Å². The lowest BCUT2D eigenvalue weighted by Gasteiger charge is -2.15. The van der Waals surface area contributed by atoms with Crippen molar-refractivity contribution in [3.05, 3.63) is 64.2 Å². The summed E-state index contributed by atoms with van der Waals surface area (Å²) >= 11 is 0. The molecule has 1 aliphatic rings. The van der Waals surface area contributed by atoms with Crippen LogP contribution in [0.25, 0.3) is 11.5 Å². The van der Waals surface area contributed by atoms with Crippen molar-refractivity contribution in [2.24, 2.45) is 0 Å². The van der Waals surface area contributed by atoms with Crippen LogP contribution in [0, 0.1) is 13.8 Å². The second kappa shape index (κ2) is 7.35. The Hall–Kier alpha value is -2.95. The summed E-state index contributed by atoms with van der Waals surface area (Å²) in [6, 6.07) is 12.5. The topological polar surface area (TPSA) is 68.0 Å². The Bertz CT molecular complexity index is 991. The lowest BCUT2D eigenvalue weighted by molar-refractivity contribution is -0.115. The predicted octanol–water partition coefficient (Wildman–Crippen LogP) is 4.41. The van der Waals surface area contributed by atoms with E-state index in [0.29, 0.717) is 5.89 Å². The number of hydrogen-bond acceptors (Lipinski definition) is 4. The molecule has 138 valence electrons. The Morgan fingerprint density at radius 1 is 1.04 bits per heavy atom. The van der Waals surface area contributed by atoms with Gasteiger partial charge in [0.25, 0.3) is 0 Å². The molecule has 1 aromatic heterocycles. The Balaban J connectivity index is 1.46. The lowest BCUT2D eigenvalue weighted by Crippen LogP contribution is -2.15. The Labute approximate surface area is 158 Å². The van der Waals surface area contributed by atoms with Gasteiger partial charge in [-0.25, -0.2) is 0 Å². The van der Waals surface area contributed by atoms with Gasteiger partial charge < -0.3 is 4.42 Å². The number of nitrogens with zero attached hydrogens (tertiary/aromatic N) is 2. The molecule has 3 aromatic rings. The minimum atomic E-state index is -0.163. The van der Waals surface area contributed by atoms with E-state index < -0.39 is 0 Å². The van der Waals surface area contributed by atoms with Gasteiger partial charge in [0.1, 0.15) is 0 Å². The minimum Gasteiger partial charge on any atom is -0.403 e. The van der Waals surface area contributed by atoms with Crippen LogP contribution in [0.15, 0.2) is 40.8 Å². The van der Waals surface area contributed by atoms with E-state index in [1.165, 1.54) is 24.0 Å². The summed E-state index contributed by atoms with van der Waals surface area (Å²) in [4.78, 5) is 12.3. The van der Waals surface area contributed by atoms with Gasteiger partial charge in [0.05, 0.1) is 6.42 Å². The van der Waals surface area contributed by atoms with Crippen molar-refractivity contribution in [3.8, 4) is 11.5 Å². The van der Waals surface area contributed by atoms with E-state index >= 15 is 0 Å². The first-order valence-electron chi connectivity index (χ1n) is 9.40. The van der Waals surface area contributed by atoms with Crippen LogP contribution in [0.1, 0.15) is 40.7 Å². The molecule has 0 bridgehead atoms. The third kappa shape index (κ3) is 3.92. The molecule has 1 aliphatic carbocycles. The van der Waals surface area contributed by atoms with Crippen LogP contribution in [0.5, 0.6) is 0 Å². The molecular formula is C22H23N3O2. The van der Waals surface area contributed by atoms with Crippen molar-refractivity contribution in [1.82, 2.24) is 10.2 Å². The zero-order valence-electron chi connectivity index (χ0n) is 15.7. The summed E-state index contributed by atoms with van der Waals surface area (Å²) in [6.45, 7) is 4.02. The summed E-state index contributed by atoms with van der Waals surface area (Å²) in [5.74, 6) is 0.273. The number of fused-ring (bicyclic) bond motifs is 1. The normalized spacial score (nSPS) is 13.3. The molecule has 0 atom stereocenters. The van der Waals surface area contributed by atoms with E-state index in [4.69, 9.17) is 4.42 Å². The minimum absolute atomic E-state index is 0.137.